The fourth-order valence-corrected chi connectivity index (χ4v) is 4.30. The molecule has 1 heterocycles. The van der Waals surface area contributed by atoms with Crippen LogP contribution < -0.4 is 10.7 Å². The maximum atomic E-state index is 11.8. The van der Waals surface area contributed by atoms with Gasteiger partial charge in [0.25, 0.3) is 0 Å². The zero-order valence-electron chi connectivity index (χ0n) is 20.1. The molecule has 0 saturated carbocycles. The molecule has 3 N–H and O–H groups in total. The largest absolute Gasteiger partial charge is 0.494 e. The number of aromatic nitrogens is 1. The third kappa shape index (κ3) is 4.97. The molecular formula is C27H28N4O3S. The highest BCUT2D eigenvalue weighted by Gasteiger charge is 2.21. The van der Waals surface area contributed by atoms with Crippen molar-refractivity contribution in [1.29, 1.82) is 0 Å². The fraction of sp³-hybridized carbons (Fsp3) is 0.222. The highest BCUT2D eigenvalue weighted by Crippen LogP contribution is 2.35. The van der Waals surface area contributed by atoms with Crippen LogP contribution in [0.15, 0.2) is 71.5 Å². The van der Waals surface area contributed by atoms with Gasteiger partial charge in [-0.1, -0.05) is 30.3 Å². The van der Waals surface area contributed by atoms with Crippen molar-refractivity contribution >= 4 is 39.9 Å². The van der Waals surface area contributed by atoms with E-state index in [1.165, 1.54) is 12.7 Å². The molecule has 1 atom stereocenters. The van der Waals surface area contributed by atoms with E-state index in [2.05, 4.69) is 35.8 Å². The van der Waals surface area contributed by atoms with Crippen LogP contribution in [0.5, 0.6) is 5.88 Å². The van der Waals surface area contributed by atoms with Crippen LogP contribution in [0.3, 0.4) is 0 Å². The van der Waals surface area contributed by atoms with E-state index in [1.807, 2.05) is 60.0 Å². The number of carbonyl (C=O) groups is 1. The average Bonchev–Trinajstić information content (AvgIpc) is 3.15. The lowest BCUT2D eigenvalue weighted by molar-refractivity contribution is -0.143. The summed E-state index contributed by atoms with van der Waals surface area (Å²) in [4.78, 5) is 11.8. The number of carbonyl (C=O) groups excluding carboxylic acids is 1. The highest BCUT2D eigenvalue weighted by atomic mass is 32.1. The van der Waals surface area contributed by atoms with Gasteiger partial charge in [0.1, 0.15) is 0 Å². The second-order valence-corrected chi connectivity index (χ2v) is 8.88. The number of thiocarbonyl (C=S) groups is 1. The Morgan fingerprint density at radius 3 is 2.71 bits per heavy atom. The number of ether oxygens (including phenoxy) is 1. The highest BCUT2D eigenvalue weighted by molar-refractivity contribution is 7.80. The maximum absolute atomic E-state index is 11.8. The van der Waals surface area contributed by atoms with Crippen LogP contribution in [-0.2, 0) is 9.53 Å². The summed E-state index contributed by atoms with van der Waals surface area (Å²) in [5.41, 5.74) is 8.81. The number of aromatic hydroxyl groups is 1. The van der Waals surface area contributed by atoms with Gasteiger partial charge in [0.05, 0.1) is 29.8 Å². The maximum Gasteiger partial charge on any atom is 0.312 e. The minimum absolute atomic E-state index is 0.107. The van der Waals surface area contributed by atoms with E-state index in [9.17, 15) is 9.90 Å². The normalized spacial score (nSPS) is 15.6. The minimum atomic E-state index is -0.353. The summed E-state index contributed by atoms with van der Waals surface area (Å²) in [7, 11) is 1.37. The topological polar surface area (TPSA) is 87.9 Å². The van der Waals surface area contributed by atoms with Crippen molar-refractivity contribution in [3.63, 3.8) is 0 Å². The number of fused-ring (bicyclic) bond motifs is 1. The van der Waals surface area contributed by atoms with Gasteiger partial charge < -0.3 is 15.2 Å². The summed E-state index contributed by atoms with van der Waals surface area (Å²) in [6.45, 7) is 5.93. The summed E-state index contributed by atoms with van der Waals surface area (Å²) >= 11 is 5.38. The van der Waals surface area contributed by atoms with E-state index in [0.29, 0.717) is 23.4 Å². The lowest BCUT2D eigenvalue weighted by Gasteiger charge is -2.16. The van der Waals surface area contributed by atoms with Crippen LogP contribution in [0.4, 0.5) is 0 Å². The van der Waals surface area contributed by atoms with Gasteiger partial charge in [0.2, 0.25) is 5.88 Å². The number of benzene rings is 2. The van der Waals surface area contributed by atoms with E-state index in [4.69, 9.17) is 17.0 Å². The van der Waals surface area contributed by atoms with E-state index < -0.39 is 0 Å². The Balaban J connectivity index is 1.60. The van der Waals surface area contributed by atoms with Gasteiger partial charge in [0, 0.05) is 16.8 Å². The first kappa shape index (κ1) is 24.2. The summed E-state index contributed by atoms with van der Waals surface area (Å²) in [6, 6.07) is 13.9. The van der Waals surface area contributed by atoms with Crippen LogP contribution in [0.1, 0.15) is 30.0 Å². The van der Waals surface area contributed by atoms with Crippen molar-refractivity contribution in [2.75, 3.05) is 7.11 Å². The Morgan fingerprint density at radius 2 is 1.97 bits per heavy atom. The predicted octanol–water partition coefficient (Wildman–Crippen LogP) is 4.77. The van der Waals surface area contributed by atoms with E-state index in [1.54, 1.807) is 6.08 Å². The molecular weight excluding hydrogens is 460 g/mol. The second-order valence-electron chi connectivity index (χ2n) is 8.47. The summed E-state index contributed by atoms with van der Waals surface area (Å²) in [6.07, 6.45) is 6.10. The molecule has 0 amide bonds. The number of nitrogens with one attached hydrogen (secondary N) is 2. The van der Waals surface area contributed by atoms with Crippen LogP contribution in [0.25, 0.3) is 16.6 Å². The quantitative estimate of drug-likeness (QED) is 0.207. The standard InChI is InChI=1S/C27H28N4O3S/c1-16-12-13-21(14-17(16)2)31-23-11-6-5-10-22(23)24(25(31)32)18(3)29-30-27(35)28-20-9-7-8-19(15-20)26(33)34-4/h5-7,9-15,19,32H,8H2,1-4H3,(H2,28,30,35). The van der Waals surface area contributed by atoms with Crippen molar-refractivity contribution in [1.82, 2.24) is 15.3 Å². The van der Waals surface area contributed by atoms with Gasteiger partial charge in [-0.25, -0.2) is 0 Å². The van der Waals surface area contributed by atoms with Crippen LogP contribution >= 0.6 is 12.2 Å². The van der Waals surface area contributed by atoms with Gasteiger partial charge >= 0.3 is 5.97 Å². The number of hydrogen-bond acceptors (Lipinski definition) is 5. The minimum Gasteiger partial charge on any atom is -0.494 e. The smallest absolute Gasteiger partial charge is 0.312 e. The SMILES string of the molecule is COC(=O)C1C=C(NC(=S)NN=C(C)c2c(O)n(-c3ccc(C)c(C)c3)c3ccccc23)C=CC1. The molecule has 1 unspecified atom stereocenters. The molecule has 1 aliphatic rings. The number of esters is 1. The predicted molar refractivity (Wildman–Crippen MR) is 143 cm³/mol. The summed E-state index contributed by atoms with van der Waals surface area (Å²) in [5.74, 6) is -0.540. The Hall–Kier alpha value is -3.91. The van der Waals surface area contributed by atoms with Crippen LogP contribution in [0, 0.1) is 19.8 Å². The lowest BCUT2D eigenvalue weighted by atomic mass is 9.99. The number of rotatable bonds is 5. The number of methoxy groups -OCH3 is 1. The third-order valence-corrected chi connectivity index (χ3v) is 6.31. The van der Waals surface area contributed by atoms with Crippen molar-refractivity contribution in [3.05, 3.63) is 83.1 Å². The van der Waals surface area contributed by atoms with Gasteiger partial charge in [-0.05, 0) is 80.9 Å². The Morgan fingerprint density at radius 1 is 1.20 bits per heavy atom. The Bertz CT molecular complexity index is 1400. The average molecular weight is 489 g/mol. The Labute approximate surface area is 209 Å². The number of allylic oxidation sites excluding steroid dienone is 2. The molecule has 2 aromatic carbocycles. The Kier molecular flexibility index (Phi) is 7.02. The van der Waals surface area contributed by atoms with Crippen molar-refractivity contribution in [3.8, 4) is 11.6 Å². The van der Waals surface area contributed by atoms with Gasteiger partial charge in [-0.15, -0.1) is 0 Å². The monoisotopic (exact) mass is 488 g/mol. The molecule has 0 aliphatic heterocycles. The molecule has 4 rings (SSSR count). The van der Waals surface area contributed by atoms with Crippen LogP contribution in [0.2, 0.25) is 0 Å². The van der Waals surface area contributed by atoms with Crippen molar-refractivity contribution in [2.45, 2.75) is 27.2 Å². The fourth-order valence-electron chi connectivity index (χ4n) is 4.14. The number of hydrazone groups is 1. The van der Waals surface area contributed by atoms with E-state index in [-0.39, 0.29) is 22.9 Å². The van der Waals surface area contributed by atoms with Crippen LogP contribution in [-0.4, -0.2) is 33.6 Å². The number of hydrogen-bond donors (Lipinski definition) is 3. The number of nitrogens with zero attached hydrogens (tertiary/aromatic N) is 2. The summed E-state index contributed by atoms with van der Waals surface area (Å²) < 4.78 is 6.65. The van der Waals surface area contributed by atoms with E-state index in [0.717, 1.165) is 22.2 Å². The summed E-state index contributed by atoms with van der Waals surface area (Å²) in [5, 5.41) is 19.9. The molecule has 7 nitrogen and oxygen atoms in total. The molecule has 3 aromatic rings. The molecule has 0 fully saturated rings. The first-order valence-corrected chi connectivity index (χ1v) is 11.7. The molecule has 8 heteroatoms. The van der Waals surface area contributed by atoms with Crippen molar-refractivity contribution in [2.24, 2.45) is 11.0 Å². The lowest BCUT2D eigenvalue weighted by Crippen LogP contribution is -2.32. The first-order chi connectivity index (χ1) is 16.8. The van der Waals surface area contributed by atoms with Gasteiger partial charge in [-0.3, -0.25) is 14.8 Å². The van der Waals surface area contributed by atoms with Gasteiger partial charge in [0.15, 0.2) is 5.11 Å². The first-order valence-electron chi connectivity index (χ1n) is 11.3. The number of para-hydroxylation sites is 1. The molecule has 0 radical (unpaired) electrons. The molecule has 1 aromatic heterocycles. The molecule has 0 saturated heterocycles. The molecule has 1 aliphatic carbocycles. The molecule has 0 spiro atoms. The zero-order chi connectivity index (χ0) is 25.1. The number of aryl methyl sites for hydroxylation is 2. The third-order valence-electron chi connectivity index (χ3n) is 6.12. The molecule has 35 heavy (non-hydrogen) atoms. The van der Waals surface area contributed by atoms with Gasteiger partial charge in [-0.2, -0.15) is 5.10 Å². The zero-order valence-corrected chi connectivity index (χ0v) is 20.9. The molecule has 180 valence electrons. The van der Waals surface area contributed by atoms with Crippen molar-refractivity contribution < 1.29 is 14.6 Å². The van der Waals surface area contributed by atoms with E-state index >= 15 is 0 Å². The second kappa shape index (κ2) is 10.1. The molecule has 0 bridgehead atoms.